The average molecular weight is 282 g/mol. The first-order valence-corrected chi connectivity index (χ1v) is 6.51. The van der Waals surface area contributed by atoms with E-state index in [1.807, 2.05) is 0 Å². The fourth-order valence-corrected chi connectivity index (χ4v) is 2.55. The Hall–Kier alpha value is -2.35. The second-order valence-corrected chi connectivity index (χ2v) is 5.47. The van der Waals surface area contributed by atoms with Crippen LogP contribution in [0, 0.1) is 15.9 Å². The molecule has 2 rings (SSSR count). The van der Waals surface area contributed by atoms with E-state index >= 15 is 0 Å². The third kappa shape index (κ3) is 2.58. The summed E-state index contributed by atoms with van der Waals surface area (Å²) in [6.45, 7) is 0. The molecule has 1 heterocycles. The summed E-state index contributed by atoms with van der Waals surface area (Å²) in [5.41, 5.74) is -0.307. The smallest absolute Gasteiger partial charge is 0.258 e. The SMILES string of the molecule is O=[N+]([O-])c1ccc(S(=O)(=O)c2ccc(F)cc2)nc1. The van der Waals surface area contributed by atoms with Crippen molar-refractivity contribution in [3.8, 4) is 0 Å². The number of sulfone groups is 1. The van der Waals surface area contributed by atoms with Crippen LogP contribution < -0.4 is 0 Å². The largest absolute Gasteiger partial charge is 0.287 e. The van der Waals surface area contributed by atoms with Crippen LogP contribution in [0.2, 0.25) is 0 Å². The number of halogens is 1. The first-order chi connectivity index (χ1) is 8.91. The standard InChI is InChI=1S/C11H7FN2O4S/c12-8-1-4-10(5-2-8)19(17,18)11-6-3-9(7-13-11)14(15)16/h1-7H. The van der Waals surface area contributed by atoms with Gasteiger partial charge in [-0.2, -0.15) is 0 Å². The number of pyridine rings is 1. The van der Waals surface area contributed by atoms with Crippen molar-refractivity contribution in [1.82, 2.24) is 4.98 Å². The summed E-state index contributed by atoms with van der Waals surface area (Å²) in [5.74, 6) is -0.560. The van der Waals surface area contributed by atoms with Crippen LogP contribution >= 0.6 is 0 Å². The molecule has 6 nitrogen and oxygen atoms in total. The molecule has 0 aliphatic carbocycles. The second-order valence-electron chi connectivity index (χ2n) is 3.57. The van der Waals surface area contributed by atoms with Crippen LogP contribution in [0.15, 0.2) is 52.5 Å². The minimum Gasteiger partial charge on any atom is -0.258 e. The number of nitro groups is 1. The molecule has 0 N–H and O–H groups in total. The fraction of sp³-hybridized carbons (Fsp3) is 0. The highest BCUT2D eigenvalue weighted by molar-refractivity contribution is 7.91. The zero-order valence-corrected chi connectivity index (χ0v) is 10.2. The average Bonchev–Trinajstić information content (AvgIpc) is 2.39. The highest BCUT2D eigenvalue weighted by Crippen LogP contribution is 2.20. The van der Waals surface area contributed by atoms with Gasteiger partial charge in [0.2, 0.25) is 9.84 Å². The van der Waals surface area contributed by atoms with E-state index in [-0.39, 0.29) is 15.6 Å². The van der Waals surface area contributed by atoms with Crippen molar-refractivity contribution in [3.63, 3.8) is 0 Å². The Labute approximate surface area is 107 Å². The molecule has 98 valence electrons. The van der Waals surface area contributed by atoms with Crippen LogP contribution in [0.25, 0.3) is 0 Å². The number of hydrogen-bond acceptors (Lipinski definition) is 5. The lowest BCUT2D eigenvalue weighted by Crippen LogP contribution is -2.04. The third-order valence-corrected chi connectivity index (χ3v) is 4.02. The van der Waals surface area contributed by atoms with E-state index in [0.29, 0.717) is 0 Å². The third-order valence-electron chi connectivity index (χ3n) is 2.33. The lowest BCUT2D eigenvalue weighted by atomic mass is 10.4. The summed E-state index contributed by atoms with van der Waals surface area (Å²) in [4.78, 5) is 13.2. The van der Waals surface area contributed by atoms with E-state index < -0.39 is 20.6 Å². The summed E-state index contributed by atoms with van der Waals surface area (Å²) < 4.78 is 36.9. The molecule has 0 radical (unpaired) electrons. The zero-order valence-electron chi connectivity index (χ0n) is 9.36. The van der Waals surface area contributed by atoms with Gasteiger partial charge in [0.1, 0.15) is 12.0 Å². The topological polar surface area (TPSA) is 90.2 Å². The highest BCUT2D eigenvalue weighted by Gasteiger charge is 2.20. The van der Waals surface area contributed by atoms with Crippen molar-refractivity contribution in [3.05, 3.63) is 58.5 Å². The molecule has 0 spiro atoms. The molecule has 0 saturated carbocycles. The Balaban J connectivity index is 2.44. The summed E-state index contributed by atoms with van der Waals surface area (Å²) in [6.07, 6.45) is 0.858. The Bertz CT molecular complexity index is 711. The van der Waals surface area contributed by atoms with Gasteiger partial charge in [0.05, 0.1) is 9.82 Å². The van der Waals surface area contributed by atoms with Crippen LogP contribution in [0.4, 0.5) is 10.1 Å². The van der Waals surface area contributed by atoms with Gasteiger partial charge >= 0.3 is 0 Å². The minimum absolute atomic E-state index is 0.129. The lowest BCUT2D eigenvalue weighted by molar-refractivity contribution is -0.385. The molecule has 0 unspecified atom stereocenters. The normalized spacial score (nSPS) is 11.2. The Morgan fingerprint density at radius 3 is 2.21 bits per heavy atom. The zero-order chi connectivity index (χ0) is 14.0. The van der Waals surface area contributed by atoms with Gasteiger partial charge in [0.25, 0.3) is 5.69 Å². The van der Waals surface area contributed by atoms with Gasteiger partial charge in [0, 0.05) is 6.07 Å². The van der Waals surface area contributed by atoms with E-state index in [9.17, 15) is 22.9 Å². The second kappa shape index (κ2) is 4.73. The number of aromatic nitrogens is 1. The summed E-state index contributed by atoms with van der Waals surface area (Å²) >= 11 is 0. The molecular weight excluding hydrogens is 275 g/mol. The molecule has 2 aromatic rings. The van der Waals surface area contributed by atoms with Crippen LogP contribution in [0.1, 0.15) is 0 Å². The van der Waals surface area contributed by atoms with Gasteiger partial charge in [-0.25, -0.2) is 17.8 Å². The fourth-order valence-electron chi connectivity index (χ4n) is 1.37. The van der Waals surface area contributed by atoms with Gasteiger partial charge in [-0.3, -0.25) is 10.1 Å². The van der Waals surface area contributed by atoms with Gasteiger partial charge in [-0.05, 0) is 30.3 Å². The first-order valence-electron chi connectivity index (χ1n) is 5.02. The number of nitrogens with zero attached hydrogens (tertiary/aromatic N) is 2. The van der Waals surface area contributed by atoms with Crippen LogP contribution in [-0.2, 0) is 9.84 Å². The van der Waals surface area contributed by atoms with Crippen LogP contribution in [-0.4, -0.2) is 18.3 Å². The molecule has 19 heavy (non-hydrogen) atoms. The maximum Gasteiger partial charge on any atom is 0.287 e. The molecule has 0 saturated heterocycles. The van der Waals surface area contributed by atoms with Gasteiger partial charge in [-0.1, -0.05) is 0 Å². The van der Waals surface area contributed by atoms with Crippen molar-refractivity contribution in [2.24, 2.45) is 0 Å². The molecule has 0 bridgehead atoms. The molecule has 1 aromatic heterocycles. The van der Waals surface area contributed by atoms with E-state index in [4.69, 9.17) is 0 Å². The predicted octanol–water partition coefficient (Wildman–Crippen LogP) is 1.96. The summed E-state index contributed by atoms with van der Waals surface area (Å²) in [5, 5.41) is 10.1. The molecule has 0 aliphatic rings. The Morgan fingerprint density at radius 2 is 1.74 bits per heavy atom. The number of hydrogen-bond donors (Lipinski definition) is 0. The summed E-state index contributed by atoms with van der Waals surface area (Å²) in [6, 6.07) is 6.32. The molecule has 0 aliphatic heterocycles. The van der Waals surface area contributed by atoms with Gasteiger partial charge in [0.15, 0.2) is 5.03 Å². The van der Waals surface area contributed by atoms with Crippen molar-refractivity contribution < 1.29 is 17.7 Å². The van der Waals surface area contributed by atoms with E-state index in [2.05, 4.69) is 4.98 Å². The minimum atomic E-state index is -3.90. The van der Waals surface area contributed by atoms with E-state index in [1.54, 1.807) is 0 Å². The van der Waals surface area contributed by atoms with Gasteiger partial charge < -0.3 is 0 Å². The maximum atomic E-state index is 12.7. The van der Waals surface area contributed by atoms with Crippen molar-refractivity contribution in [2.45, 2.75) is 9.92 Å². The van der Waals surface area contributed by atoms with E-state index in [0.717, 1.165) is 42.6 Å². The molecular formula is C11H7FN2O4S. The predicted molar refractivity (Wildman–Crippen MR) is 62.7 cm³/mol. The van der Waals surface area contributed by atoms with E-state index in [1.165, 1.54) is 0 Å². The number of rotatable bonds is 3. The highest BCUT2D eigenvalue weighted by atomic mass is 32.2. The maximum absolute atomic E-state index is 12.7. The Morgan fingerprint density at radius 1 is 1.11 bits per heavy atom. The summed E-state index contributed by atoms with van der Waals surface area (Å²) in [7, 11) is -3.90. The Kier molecular flexibility index (Phi) is 3.26. The molecule has 0 amide bonds. The molecule has 0 atom stereocenters. The van der Waals surface area contributed by atoms with Crippen molar-refractivity contribution >= 4 is 15.5 Å². The van der Waals surface area contributed by atoms with Crippen LogP contribution in [0.5, 0.6) is 0 Å². The molecule has 0 fully saturated rings. The molecule has 1 aromatic carbocycles. The van der Waals surface area contributed by atoms with Crippen molar-refractivity contribution in [1.29, 1.82) is 0 Å². The lowest BCUT2D eigenvalue weighted by Gasteiger charge is -2.03. The van der Waals surface area contributed by atoms with Crippen LogP contribution in [0.3, 0.4) is 0 Å². The monoisotopic (exact) mass is 282 g/mol. The number of benzene rings is 1. The quantitative estimate of drug-likeness (QED) is 0.487. The molecule has 8 heteroatoms. The van der Waals surface area contributed by atoms with Crippen molar-refractivity contribution in [2.75, 3.05) is 0 Å². The van der Waals surface area contributed by atoms with Gasteiger partial charge in [-0.15, -0.1) is 0 Å². The first kappa shape index (κ1) is 13.1.